The Labute approximate surface area is 58.8 Å². The third-order valence-corrected chi connectivity index (χ3v) is 2.17. The van der Waals surface area contributed by atoms with Gasteiger partial charge in [-0.25, -0.2) is 0 Å². The molecule has 0 bridgehead atoms. The van der Waals surface area contributed by atoms with Gasteiger partial charge in [0.15, 0.2) is 0 Å². The fraction of sp³-hybridized carbons (Fsp3) is 0.833. The first-order chi connectivity index (χ1) is 4.04. The van der Waals surface area contributed by atoms with Crippen molar-refractivity contribution in [1.82, 2.24) is 0 Å². The summed E-state index contributed by atoms with van der Waals surface area (Å²) in [7, 11) is 0. The van der Waals surface area contributed by atoms with Crippen molar-refractivity contribution < 1.29 is 9.90 Å². The minimum Gasteiger partial charge on any atom is -0.481 e. The highest BCUT2D eigenvalue weighted by Gasteiger charge is 2.45. The smallest absolute Gasteiger partial charge is 0.309 e. The summed E-state index contributed by atoms with van der Waals surface area (Å²) in [6, 6.07) is 0. The van der Waals surface area contributed by atoms with Crippen LogP contribution in [0.1, 0.15) is 19.8 Å². The number of carbonyl (C=O) groups is 1. The van der Waals surface area contributed by atoms with Crippen LogP contribution < -0.4 is 0 Å². The maximum absolute atomic E-state index is 10.4. The molecule has 2 nitrogen and oxygen atoms in total. The molecule has 1 aliphatic rings. The van der Waals surface area contributed by atoms with Gasteiger partial charge in [0.05, 0.1) is 5.41 Å². The van der Waals surface area contributed by atoms with Crippen molar-refractivity contribution >= 4 is 17.6 Å². The normalized spacial score (nSPS) is 41.8. The van der Waals surface area contributed by atoms with Crippen LogP contribution in [0.5, 0.6) is 0 Å². The Morgan fingerprint density at radius 3 is 2.33 bits per heavy atom. The van der Waals surface area contributed by atoms with E-state index in [1.807, 2.05) is 0 Å². The molecule has 9 heavy (non-hydrogen) atoms. The number of hydrogen-bond acceptors (Lipinski definition) is 1. The summed E-state index contributed by atoms with van der Waals surface area (Å²) in [5.41, 5.74) is -0.521. The van der Waals surface area contributed by atoms with Crippen LogP contribution in [0.15, 0.2) is 0 Å². The summed E-state index contributed by atoms with van der Waals surface area (Å²) >= 11 is 5.61. The van der Waals surface area contributed by atoms with Crippen LogP contribution in [0, 0.1) is 5.41 Å². The van der Waals surface area contributed by atoms with E-state index in [1.165, 1.54) is 0 Å². The molecular formula is C6H9ClO2. The highest BCUT2D eigenvalue weighted by atomic mass is 35.5. The van der Waals surface area contributed by atoms with Crippen LogP contribution in [0.2, 0.25) is 0 Å². The summed E-state index contributed by atoms with van der Waals surface area (Å²) in [5.74, 6) is -0.723. The molecule has 0 heterocycles. The fourth-order valence-corrected chi connectivity index (χ4v) is 1.77. The van der Waals surface area contributed by atoms with E-state index in [-0.39, 0.29) is 5.38 Å². The van der Waals surface area contributed by atoms with Gasteiger partial charge in [-0.05, 0) is 19.8 Å². The number of halogens is 1. The van der Waals surface area contributed by atoms with Crippen molar-refractivity contribution in [2.75, 3.05) is 0 Å². The number of rotatable bonds is 1. The van der Waals surface area contributed by atoms with Gasteiger partial charge >= 0.3 is 5.97 Å². The molecule has 0 saturated heterocycles. The lowest BCUT2D eigenvalue weighted by molar-refractivity contribution is -0.152. The van der Waals surface area contributed by atoms with Gasteiger partial charge in [-0.3, -0.25) is 4.79 Å². The molecule has 52 valence electrons. The Bertz CT molecular complexity index is 138. The second-order valence-electron chi connectivity index (χ2n) is 2.87. The molecule has 0 aliphatic heterocycles. The van der Waals surface area contributed by atoms with E-state index in [9.17, 15) is 4.79 Å². The number of hydrogen-bond donors (Lipinski definition) is 1. The third-order valence-electron chi connectivity index (χ3n) is 1.86. The largest absolute Gasteiger partial charge is 0.481 e. The molecule has 1 N–H and O–H groups in total. The Hall–Kier alpha value is -0.240. The van der Waals surface area contributed by atoms with E-state index in [4.69, 9.17) is 16.7 Å². The standard InChI is InChI=1S/C6H9ClO2/c1-6(5(8)9)2-4(7)3-6/h4H,2-3H2,1H3,(H,8,9). The zero-order valence-corrected chi connectivity index (χ0v) is 5.98. The molecule has 0 spiro atoms. The highest BCUT2D eigenvalue weighted by molar-refractivity contribution is 6.21. The molecule has 3 heteroatoms. The highest BCUT2D eigenvalue weighted by Crippen LogP contribution is 2.43. The average molecular weight is 149 g/mol. The van der Waals surface area contributed by atoms with Gasteiger partial charge in [0.2, 0.25) is 0 Å². The average Bonchev–Trinajstić information content (AvgIpc) is 1.62. The van der Waals surface area contributed by atoms with Crippen LogP contribution >= 0.6 is 11.6 Å². The van der Waals surface area contributed by atoms with E-state index in [0.717, 1.165) is 0 Å². The summed E-state index contributed by atoms with van der Waals surface area (Å²) in [5, 5.41) is 8.64. The summed E-state index contributed by atoms with van der Waals surface area (Å²) < 4.78 is 0. The Morgan fingerprint density at radius 1 is 1.78 bits per heavy atom. The summed E-state index contributed by atoms with van der Waals surface area (Å²) in [6.45, 7) is 1.73. The van der Waals surface area contributed by atoms with E-state index < -0.39 is 11.4 Å². The molecule has 0 atom stereocenters. The SMILES string of the molecule is CC1(C(=O)O)CC(Cl)C1. The minimum atomic E-state index is -0.723. The lowest BCUT2D eigenvalue weighted by atomic mass is 9.70. The van der Waals surface area contributed by atoms with E-state index in [2.05, 4.69) is 0 Å². The van der Waals surface area contributed by atoms with Crippen molar-refractivity contribution in [3.8, 4) is 0 Å². The zero-order chi connectivity index (χ0) is 7.07. The number of carboxylic acids is 1. The van der Waals surface area contributed by atoms with Gasteiger partial charge in [-0.2, -0.15) is 0 Å². The molecule has 0 unspecified atom stereocenters. The maximum atomic E-state index is 10.4. The topological polar surface area (TPSA) is 37.3 Å². The van der Waals surface area contributed by atoms with Crippen LogP contribution in [-0.2, 0) is 4.79 Å². The van der Waals surface area contributed by atoms with Crippen molar-refractivity contribution in [3.05, 3.63) is 0 Å². The summed E-state index contributed by atoms with van der Waals surface area (Å²) in [4.78, 5) is 10.4. The Kier molecular flexibility index (Phi) is 1.43. The minimum absolute atomic E-state index is 0.0890. The van der Waals surface area contributed by atoms with E-state index in [1.54, 1.807) is 6.92 Å². The zero-order valence-electron chi connectivity index (χ0n) is 5.22. The molecular weight excluding hydrogens is 140 g/mol. The number of alkyl halides is 1. The molecule has 1 rings (SSSR count). The molecule has 1 saturated carbocycles. The first-order valence-corrected chi connectivity index (χ1v) is 3.36. The predicted octanol–water partition coefficient (Wildman–Crippen LogP) is 1.48. The van der Waals surface area contributed by atoms with Crippen molar-refractivity contribution in [2.24, 2.45) is 5.41 Å². The Morgan fingerprint density at radius 2 is 2.22 bits per heavy atom. The van der Waals surface area contributed by atoms with Gasteiger partial charge in [0.25, 0.3) is 0 Å². The predicted molar refractivity (Wildman–Crippen MR) is 34.6 cm³/mol. The molecule has 0 aromatic carbocycles. The first kappa shape index (κ1) is 6.87. The lowest BCUT2D eigenvalue weighted by Crippen LogP contribution is -2.41. The van der Waals surface area contributed by atoms with Gasteiger partial charge in [-0.1, -0.05) is 0 Å². The lowest BCUT2D eigenvalue weighted by Gasteiger charge is -2.37. The monoisotopic (exact) mass is 148 g/mol. The van der Waals surface area contributed by atoms with E-state index in [0.29, 0.717) is 12.8 Å². The molecule has 0 aromatic heterocycles. The fourth-order valence-electron chi connectivity index (χ4n) is 1.09. The quantitative estimate of drug-likeness (QED) is 0.572. The number of carboxylic acid groups (broad SMARTS) is 1. The second-order valence-corrected chi connectivity index (χ2v) is 3.49. The summed E-state index contributed by atoms with van der Waals surface area (Å²) in [6.07, 6.45) is 1.23. The van der Waals surface area contributed by atoms with Crippen LogP contribution in [0.25, 0.3) is 0 Å². The van der Waals surface area contributed by atoms with Crippen molar-refractivity contribution in [3.63, 3.8) is 0 Å². The molecule has 0 amide bonds. The molecule has 0 radical (unpaired) electrons. The van der Waals surface area contributed by atoms with Crippen LogP contribution in [0.4, 0.5) is 0 Å². The Balaban J connectivity index is 2.50. The van der Waals surface area contributed by atoms with Gasteiger partial charge in [0, 0.05) is 5.38 Å². The van der Waals surface area contributed by atoms with Crippen LogP contribution in [-0.4, -0.2) is 16.5 Å². The first-order valence-electron chi connectivity index (χ1n) is 2.92. The van der Waals surface area contributed by atoms with Crippen molar-refractivity contribution in [2.45, 2.75) is 25.1 Å². The molecule has 1 fully saturated rings. The van der Waals surface area contributed by atoms with Crippen molar-refractivity contribution in [1.29, 1.82) is 0 Å². The molecule has 1 aliphatic carbocycles. The van der Waals surface area contributed by atoms with Gasteiger partial charge in [-0.15, -0.1) is 11.6 Å². The third kappa shape index (κ3) is 1.04. The maximum Gasteiger partial charge on any atom is 0.309 e. The van der Waals surface area contributed by atoms with Gasteiger partial charge in [0.1, 0.15) is 0 Å². The van der Waals surface area contributed by atoms with E-state index >= 15 is 0 Å². The van der Waals surface area contributed by atoms with Crippen LogP contribution in [0.3, 0.4) is 0 Å². The molecule has 0 aromatic rings. The second kappa shape index (κ2) is 1.87. The number of aliphatic carboxylic acids is 1. The van der Waals surface area contributed by atoms with Gasteiger partial charge < -0.3 is 5.11 Å².